The largest absolute Gasteiger partial charge is 0.472 e. The molecular formula is C69H93F2N23O40P6S2. The molecule has 16 heterocycles. The Balaban J connectivity index is 0.607. The number of anilines is 5. The molecule has 18 N–H and O–H groups in total. The van der Waals surface area contributed by atoms with E-state index in [1.807, 2.05) is 4.98 Å². The summed E-state index contributed by atoms with van der Waals surface area (Å²) in [6.07, 6.45) is -40.4. The van der Waals surface area contributed by atoms with Gasteiger partial charge in [0.05, 0.1) is 70.8 Å². The zero-order chi connectivity index (χ0) is 102. The van der Waals surface area contributed by atoms with Crippen LogP contribution in [0.5, 0.6) is 0 Å². The highest BCUT2D eigenvalue weighted by Gasteiger charge is 2.60. The van der Waals surface area contributed by atoms with Gasteiger partial charge in [-0.3, -0.25) is 96.7 Å². The van der Waals surface area contributed by atoms with Crippen LogP contribution in [-0.4, -0.2) is 326 Å². The quantitative estimate of drug-likeness (QED) is 0.0153. The zero-order valence-corrected chi connectivity index (χ0v) is 81.4. The third-order valence-electron chi connectivity index (χ3n) is 23.4. The Morgan fingerprint density at radius 3 is 1.26 bits per heavy atom. The highest BCUT2D eigenvalue weighted by molar-refractivity contribution is 8.44. The van der Waals surface area contributed by atoms with Crippen molar-refractivity contribution in [2.75, 3.05) is 104 Å². The van der Waals surface area contributed by atoms with Gasteiger partial charge in [-0.1, -0.05) is 19.2 Å². The van der Waals surface area contributed by atoms with Gasteiger partial charge in [-0.25, -0.2) is 80.9 Å². The van der Waals surface area contributed by atoms with Crippen LogP contribution in [0.3, 0.4) is 0 Å². The maximum Gasteiger partial charge on any atom is 0.472 e. The number of halogens is 2. The first-order valence-electron chi connectivity index (χ1n) is 42.0. The molecule has 9 aromatic heterocycles. The number of ether oxygens (including phenoxy) is 12. The Bertz CT molecular complexity index is 6730. The minimum atomic E-state index is -5.99. The fraction of sp³-hybridized carbons (Fsp3) is 0.609. The van der Waals surface area contributed by atoms with Gasteiger partial charge < -0.3 is 120 Å². The van der Waals surface area contributed by atoms with Crippen molar-refractivity contribution in [1.82, 2.24) is 87.2 Å². The molecule has 7 aliphatic heterocycles. The number of methoxy groups -OCH3 is 5. The summed E-state index contributed by atoms with van der Waals surface area (Å²) >= 11 is 9.78. The van der Waals surface area contributed by atoms with E-state index >= 15 is 8.78 Å². The lowest BCUT2D eigenvalue weighted by atomic mass is 10.1. The van der Waals surface area contributed by atoms with Crippen molar-refractivity contribution in [3.63, 3.8) is 0 Å². The van der Waals surface area contributed by atoms with Crippen LogP contribution in [0, 0.1) is 0 Å². The third kappa shape index (κ3) is 22.6. The second-order valence-corrected chi connectivity index (χ2v) is 43.4. The average Bonchev–Trinajstić information content (AvgIpc) is 1.62. The molecule has 7 saturated heterocycles. The van der Waals surface area contributed by atoms with Crippen LogP contribution in [0.1, 0.15) is 57.6 Å². The molecule has 0 radical (unpaired) electrons. The Morgan fingerprint density at radius 1 is 0.423 bits per heavy atom. The summed E-state index contributed by atoms with van der Waals surface area (Å²) in [5, 5.41) is 11.3. The van der Waals surface area contributed by atoms with E-state index in [2.05, 4.69) is 67.1 Å². The first-order chi connectivity index (χ1) is 67.2. The molecule has 0 aliphatic carbocycles. The number of nitrogens with one attached hydrogen (secondary N) is 2. The van der Waals surface area contributed by atoms with Gasteiger partial charge >= 0.3 is 61.9 Å². The van der Waals surface area contributed by atoms with Crippen LogP contribution >= 0.6 is 57.1 Å². The number of aliphatic hydroxyl groups excluding tert-OH is 1. The fourth-order valence-corrected chi connectivity index (χ4v) is 23.7. The second-order valence-electron chi connectivity index (χ2n) is 32.1. The fourth-order valence-electron chi connectivity index (χ4n) is 16.9. The number of hydrogen-bond donors (Lipinski definition) is 14. The number of H-pyrrole nitrogens is 2. The lowest BCUT2D eigenvalue weighted by Crippen LogP contribution is -2.39. The number of phosphoric acid groups is 4. The number of hydrogen-bond acceptors (Lipinski definition) is 51. The number of rotatable bonds is 42. The van der Waals surface area contributed by atoms with Gasteiger partial charge in [0.2, 0.25) is 5.95 Å². The minimum Gasteiger partial charge on any atom is -0.387 e. The van der Waals surface area contributed by atoms with Gasteiger partial charge in [-0.05, 0) is 37.3 Å². The molecule has 63 nitrogen and oxygen atoms in total. The molecule has 0 saturated carbocycles. The van der Waals surface area contributed by atoms with Gasteiger partial charge in [0.25, 0.3) is 11.1 Å². The molecule has 34 atom stereocenters. The van der Waals surface area contributed by atoms with Gasteiger partial charge in [0.15, 0.2) is 83.8 Å². The van der Waals surface area contributed by atoms with Crippen molar-refractivity contribution in [1.29, 1.82) is 0 Å². The molecule has 0 spiro atoms. The first-order valence-corrected chi connectivity index (χ1v) is 53.2. The van der Waals surface area contributed by atoms with Crippen LogP contribution in [0.4, 0.5) is 38.0 Å². The van der Waals surface area contributed by atoms with Crippen molar-refractivity contribution < 1.29 is 172 Å². The van der Waals surface area contributed by atoms with Crippen LogP contribution < -0.4 is 56.9 Å². The minimum absolute atomic E-state index is 0.0117. The number of alkyl halides is 2. The van der Waals surface area contributed by atoms with E-state index in [-0.39, 0.29) is 57.7 Å². The Labute approximate surface area is 804 Å². The molecule has 9 aromatic rings. The molecule has 0 bridgehead atoms. The topological polar surface area (TPSA) is 834 Å². The molecule has 16 rings (SSSR count). The van der Waals surface area contributed by atoms with Crippen molar-refractivity contribution in [3.8, 4) is 0 Å². The summed E-state index contributed by atoms with van der Waals surface area (Å²) in [5.41, 5.74) is 23.9. The predicted molar refractivity (Wildman–Crippen MR) is 474 cm³/mol. The van der Waals surface area contributed by atoms with Crippen LogP contribution in [-0.2, 0) is 146 Å². The number of nitrogens with two attached hydrogens (primary N) is 5. The summed E-state index contributed by atoms with van der Waals surface area (Å²) < 4.78 is 251. The van der Waals surface area contributed by atoms with Crippen molar-refractivity contribution in [2.24, 2.45) is 0 Å². The molecule has 0 aromatic carbocycles. The van der Waals surface area contributed by atoms with Crippen molar-refractivity contribution in [2.45, 2.75) is 192 Å². The summed E-state index contributed by atoms with van der Waals surface area (Å²) in [6.45, 7) is -13.3. The first kappa shape index (κ1) is 106. The highest BCUT2D eigenvalue weighted by Crippen LogP contribution is 2.60. The van der Waals surface area contributed by atoms with Gasteiger partial charge in [0.1, 0.15) is 145 Å². The van der Waals surface area contributed by atoms with E-state index in [4.69, 9.17) is 152 Å². The van der Waals surface area contributed by atoms with E-state index in [1.54, 1.807) is 6.92 Å². The van der Waals surface area contributed by atoms with Gasteiger partial charge in [-0.2, -0.15) is 15.0 Å². The van der Waals surface area contributed by atoms with Crippen LogP contribution in [0.2, 0.25) is 0 Å². The normalized spacial score (nSPS) is 33.2. The summed E-state index contributed by atoms with van der Waals surface area (Å²) in [6, 6.07) is 3.08. The Morgan fingerprint density at radius 2 is 0.796 bits per heavy atom. The van der Waals surface area contributed by atoms with Crippen molar-refractivity contribution >= 4 is 132 Å². The molecule has 7 aliphatic rings. The Kier molecular flexibility index (Phi) is 32.1. The summed E-state index contributed by atoms with van der Waals surface area (Å²) in [5.74, 6) is -0.994. The third-order valence-corrected chi connectivity index (χ3v) is 30.5. The van der Waals surface area contributed by atoms with Gasteiger partial charge in [-0.15, -0.1) is 0 Å². The molecule has 780 valence electrons. The summed E-state index contributed by atoms with van der Waals surface area (Å²) in [7, 11) is -17.5. The lowest BCUT2D eigenvalue weighted by molar-refractivity contribution is -0.0649. The number of aromatic nitrogens is 18. The number of thiol groups is 1. The molecule has 142 heavy (non-hydrogen) atoms. The predicted octanol–water partition coefficient (Wildman–Crippen LogP) is -1.46. The van der Waals surface area contributed by atoms with E-state index in [9.17, 15) is 76.4 Å². The number of nitrogens with zero attached hydrogens (tertiary/aromatic N) is 16. The van der Waals surface area contributed by atoms with Crippen molar-refractivity contribution in [3.05, 3.63) is 121 Å². The van der Waals surface area contributed by atoms with E-state index in [0.717, 1.165) is 59.8 Å². The maximum atomic E-state index is 17.4. The van der Waals surface area contributed by atoms with Crippen LogP contribution in [0.25, 0.3) is 33.5 Å². The lowest BCUT2D eigenvalue weighted by Gasteiger charge is -2.29. The van der Waals surface area contributed by atoms with E-state index in [0.29, 0.717) is 9.13 Å². The molecule has 7 fully saturated rings. The number of imidazole rings is 3. The second kappa shape index (κ2) is 42.9. The zero-order valence-electron chi connectivity index (χ0n) is 74.4. The molecule has 73 heteroatoms. The number of nitrogen functional groups attached to an aromatic ring is 5. The summed E-state index contributed by atoms with van der Waals surface area (Å²) in [4.78, 5) is 168. The number of aromatic amines is 2. The molecular weight excluding hydrogens is 2080 g/mol. The monoisotopic (exact) mass is 2170 g/mol. The Hall–Kier alpha value is -8.30. The molecule has 0 amide bonds. The number of aliphatic hydroxyl groups is 1. The number of phosphoric ester groups is 4. The highest BCUT2D eigenvalue weighted by atomic mass is 32.7. The number of fused-ring (bicyclic) bond motifs is 3. The standard InChI is InChI=1S/C69H93F2N23O40P6S2/c1-8-27-46(51(113-5)63(123-27)92-23-81-39-54(74)77-21-79-56(39)92)131-137(105,106)116-16-29-44(37(70)60(125-29)89-12-9-34(72)84-67(89)98)130-136(103,104)119-19-32-48(52(114-6)65(127-32)94-25-83-41-58(94)87-66(76)88-59(41)97)132-138(107,108)117-17-30-45(38(71)61(126-30)90-14-11-36(95)86-69(90)100)129-135(101,102)118-18-31-47(43(111-3)26(2)122-31)133-140(110,142)121-20-33-49(53(115-7)64(128-33)93-24-82-40-55(75)78-22-80-57(40)93)134-139(109,141)120-15-28-42(96)50(112-4)62(124-28)91-13-10-35(73)85-68(91)99/h9-14,21-33,37-38,42-53,60-65,96H,8,15-20H2,1-7H3,(H,101,102)(H,103,104)(H,105,106)(H,107,108)(H,109,141)(H,110,142)(H2,72,84,98)(H2,73,85,99)(H2,74,77,79)(H2,75,78,80)(H,86,95,100)(H3,76,87,88,97)/t26-,27+,28+,29+,30+,31+,32+,33+,37-,38-,42?,43+,44?,45?,46?,47?,48?,49?,50-,51-,52-,53-,60+,61+,62+,63+,64+,65+,139?,140?/m0/s1. The van der Waals surface area contributed by atoms with Crippen LogP contribution in [0.15, 0.2) is 92.4 Å². The SMILES string of the molecule is CC[C@H]1O[C@@H](n2cnc3c(N)ncnc32)[C@@H](OC)C1OP(=O)(O)OC[C@H]1O[C@@H](n2ccc(N)nc2=O)[C@@H](F)C1OP(=O)(O)OC[C@H]1O[C@@H](n2cnc3c(=O)[nH]c(N)nc32)[C@@H](OC)C1OP(=O)(O)OC[C@H]1O[C@@H](n2ccc(=O)[nH]c2=O)[C@@H](F)C1OP(=O)(O)OC[C@H]1O[C@@H](C)[C@@H](OC)C1OP(O)(=S)OC[C@H]1O[C@@H](n2cnc3c(N)ncnc32)[C@@H](OC)C1OP(=O)(S)OC[C@H]1O[C@@H](n2ccc(N)nc2=O)[C@@H](OC)C1O. The maximum absolute atomic E-state index is 17.4. The van der Waals surface area contributed by atoms with Gasteiger partial charge in [0, 0.05) is 60.2 Å². The molecule has 13 unspecified atom stereocenters. The van der Waals surface area contributed by atoms with E-state index < -0.39 is 296 Å². The van der Waals surface area contributed by atoms with E-state index in [1.165, 1.54) is 69.4 Å². The average molecular weight is 2170 g/mol. The smallest absolute Gasteiger partial charge is 0.387 e.